The van der Waals surface area contributed by atoms with Gasteiger partial charge in [-0.15, -0.1) is 0 Å². The van der Waals surface area contributed by atoms with Gasteiger partial charge in [-0.05, 0) is 37.0 Å². The second kappa shape index (κ2) is 8.94. The molecule has 3 heterocycles. The average molecular weight is 432 g/mol. The van der Waals surface area contributed by atoms with Crippen molar-refractivity contribution < 1.29 is 13.2 Å². The second-order valence-corrected chi connectivity index (χ2v) is 6.66. The van der Waals surface area contributed by atoms with E-state index < -0.39 is 23.0 Å². The molecular formula is C20H19F3N6O2. The molecule has 8 nitrogen and oxygen atoms in total. The van der Waals surface area contributed by atoms with E-state index in [-0.39, 0.29) is 0 Å². The highest BCUT2D eigenvalue weighted by molar-refractivity contribution is 5.57. The number of aromatic nitrogens is 5. The molecule has 0 radical (unpaired) electrons. The van der Waals surface area contributed by atoms with E-state index in [4.69, 9.17) is 0 Å². The van der Waals surface area contributed by atoms with E-state index in [9.17, 15) is 22.8 Å². The van der Waals surface area contributed by atoms with Gasteiger partial charge in [0.15, 0.2) is 5.49 Å². The standard InChI is InChI=1S/C14H15N5O2.C6H4F3N/c1-3-19-12(15-2)9(8-4-5-8)6-11(18-19)10-7-16-14(21)17-13(10)20;7-6(8,9)5-2-1-3-10-4-5/h3,6-8H,1,4-5H2,2H3,(H2,16,17,20,21);1-4H. The monoisotopic (exact) mass is 432 g/mol. The fourth-order valence-corrected chi connectivity index (χ4v) is 2.85. The summed E-state index contributed by atoms with van der Waals surface area (Å²) in [5, 5.41) is 4.36. The first-order valence-corrected chi connectivity index (χ1v) is 9.23. The maximum Gasteiger partial charge on any atom is 0.417 e. The van der Waals surface area contributed by atoms with Gasteiger partial charge >= 0.3 is 11.9 Å². The third-order valence-electron chi connectivity index (χ3n) is 4.47. The molecule has 0 aromatic carbocycles. The van der Waals surface area contributed by atoms with Gasteiger partial charge in [0.05, 0.1) is 16.8 Å². The topological polar surface area (TPSA) is 109 Å². The Balaban J connectivity index is 0.000000229. The fraction of sp³-hybridized carbons (Fsp3) is 0.250. The molecule has 0 spiro atoms. The minimum Gasteiger partial charge on any atom is -0.313 e. The van der Waals surface area contributed by atoms with Crippen LogP contribution in [0.5, 0.6) is 0 Å². The summed E-state index contributed by atoms with van der Waals surface area (Å²) in [7, 11) is 1.70. The number of aromatic amines is 2. The lowest BCUT2D eigenvalue weighted by molar-refractivity contribution is -0.137. The first-order chi connectivity index (χ1) is 14.7. The summed E-state index contributed by atoms with van der Waals surface area (Å²) >= 11 is 0. The normalized spacial score (nSPS) is 14.0. The molecule has 11 heteroatoms. The minimum absolute atomic E-state index is 0.315. The van der Waals surface area contributed by atoms with Crippen molar-refractivity contribution >= 4 is 6.20 Å². The van der Waals surface area contributed by atoms with Crippen LogP contribution in [0.25, 0.3) is 17.5 Å². The van der Waals surface area contributed by atoms with Gasteiger partial charge in [-0.25, -0.2) is 9.48 Å². The molecule has 0 saturated heterocycles. The number of alkyl halides is 3. The van der Waals surface area contributed by atoms with Gasteiger partial charge < -0.3 is 4.98 Å². The smallest absolute Gasteiger partial charge is 0.313 e. The van der Waals surface area contributed by atoms with Crippen molar-refractivity contribution in [3.8, 4) is 11.3 Å². The zero-order valence-electron chi connectivity index (χ0n) is 16.5. The van der Waals surface area contributed by atoms with Gasteiger partial charge in [-0.1, -0.05) is 6.58 Å². The number of halogens is 3. The van der Waals surface area contributed by atoms with E-state index >= 15 is 0 Å². The molecule has 0 aliphatic heterocycles. The summed E-state index contributed by atoms with van der Waals surface area (Å²) in [6, 6.07) is 4.10. The molecule has 3 aromatic heterocycles. The molecule has 1 fully saturated rings. The summed E-state index contributed by atoms with van der Waals surface area (Å²) < 4.78 is 36.8. The van der Waals surface area contributed by atoms with Crippen LogP contribution in [-0.4, -0.2) is 31.8 Å². The fourth-order valence-electron chi connectivity index (χ4n) is 2.85. The lowest BCUT2D eigenvalue weighted by Crippen LogP contribution is -2.27. The van der Waals surface area contributed by atoms with Crippen molar-refractivity contribution in [1.29, 1.82) is 0 Å². The van der Waals surface area contributed by atoms with Crippen LogP contribution in [0, 0.1) is 0 Å². The third kappa shape index (κ3) is 5.24. The Morgan fingerprint density at radius 3 is 2.55 bits per heavy atom. The van der Waals surface area contributed by atoms with Gasteiger partial charge in [0.2, 0.25) is 0 Å². The van der Waals surface area contributed by atoms with E-state index in [2.05, 4.69) is 31.6 Å². The van der Waals surface area contributed by atoms with E-state index in [1.165, 1.54) is 18.5 Å². The first-order valence-electron chi connectivity index (χ1n) is 9.23. The SMILES string of the molecule is C=Cn1nc(-c2c[nH]c(=O)[nH]c2=O)cc(C2CC2)c1=NC.FC(F)(F)c1cccnc1. The lowest BCUT2D eigenvalue weighted by atomic mass is 10.1. The zero-order valence-corrected chi connectivity index (χ0v) is 16.5. The maximum absolute atomic E-state index is 11.9. The molecule has 3 aromatic rings. The predicted molar refractivity (Wildman–Crippen MR) is 108 cm³/mol. The average Bonchev–Trinajstić information content (AvgIpc) is 3.58. The maximum atomic E-state index is 11.9. The highest BCUT2D eigenvalue weighted by Gasteiger charge is 2.30. The van der Waals surface area contributed by atoms with Gasteiger partial charge in [-0.3, -0.25) is 19.8 Å². The Labute approximate surface area is 173 Å². The van der Waals surface area contributed by atoms with Crippen LogP contribution < -0.4 is 16.7 Å². The number of hydrogen-bond donors (Lipinski definition) is 2. The number of nitrogens with zero attached hydrogens (tertiary/aromatic N) is 4. The quantitative estimate of drug-likeness (QED) is 0.663. The summed E-state index contributed by atoms with van der Waals surface area (Å²) in [4.78, 5) is 35.3. The molecule has 4 rings (SSSR count). The lowest BCUT2D eigenvalue weighted by Gasteiger charge is -2.09. The van der Waals surface area contributed by atoms with Gasteiger partial charge in [0, 0.05) is 37.4 Å². The molecule has 1 saturated carbocycles. The molecule has 1 aliphatic carbocycles. The van der Waals surface area contributed by atoms with Crippen molar-refractivity contribution in [1.82, 2.24) is 24.7 Å². The summed E-state index contributed by atoms with van der Waals surface area (Å²) in [5.74, 6) is 0.443. The molecule has 0 unspecified atom stereocenters. The third-order valence-corrected chi connectivity index (χ3v) is 4.47. The van der Waals surface area contributed by atoms with Crippen molar-refractivity contribution in [3.63, 3.8) is 0 Å². The second-order valence-electron chi connectivity index (χ2n) is 6.66. The molecule has 162 valence electrons. The number of H-pyrrole nitrogens is 2. The van der Waals surface area contributed by atoms with Gasteiger partial charge in [0.1, 0.15) is 0 Å². The van der Waals surface area contributed by atoms with Crippen LogP contribution in [0.2, 0.25) is 0 Å². The van der Waals surface area contributed by atoms with E-state index in [0.717, 1.165) is 36.2 Å². The highest BCUT2D eigenvalue weighted by atomic mass is 19.4. The van der Waals surface area contributed by atoms with Crippen LogP contribution in [-0.2, 0) is 6.18 Å². The number of hydrogen-bond acceptors (Lipinski definition) is 5. The molecule has 0 amide bonds. The Hall–Kier alpha value is -3.76. The van der Waals surface area contributed by atoms with Crippen LogP contribution >= 0.6 is 0 Å². The molecule has 0 atom stereocenters. The highest BCUT2D eigenvalue weighted by Crippen LogP contribution is 2.39. The summed E-state index contributed by atoms with van der Waals surface area (Å²) in [5.41, 5.74) is 0.879. The summed E-state index contributed by atoms with van der Waals surface area (Å²) in [6.45, 7) is 3.73. The van der Waals surface area contributed by atoms with E-state index in [1.807, 2.05) is 6.07 Å². The number of nitrogens with one attached hydrogen (secondary N) is 2. The predicted octanol–water partition coefficient (Wildman–Crippen LogP) is 2.54. The van der Waals surface area contributed by atoms with Gasteiger partial charge in [-0.2, -0.15) is 18.3 Å². The van der Waals surface area contributed by atoms with Crippen molar-refractivity contribution in [2.75, 3.05) is 7.05 Å². The van der Waals surface area contributed by atoms with Gasteiger partial charge in [0.25, 0.3) is 5.56 Å². The Kier molecular flexibility index (Phi) is 6.33. The zero-order chi connectivity index (χ0) is 22.6. The van der Waals surface area contributed by atoms with Crippen LogP contribution in [0.3, 0.4) is 0 Å². The van der Waals surface area contributed by atoms with Crippen LogP contribution in [0.1, 0.15) is 29.9 Å². The Morgan fingerprint density at radius 1 is 1.32 bits per heavy atom. The Morgan fingerprint density at radius 2 is 2.06 bits per heavy atom. The van der Waals surface area contributed by atoms with Crippen molar-refractivity contribution in [3.05, 3.63) is 80.8 Å². The van der Waals surface area contributed by atoms with Crippen LogP contribution in [0.4, 0.5) is 13.2 Å². The Bertz CT molecular complexity index is 1250. The minimum atomic E-state index is -4.27. The number of pyridine rings is 1. The van der Waals surface area contributed by atoms with E-state index in [0.29, 0.717) is 17.2 Å². The molecule has 0 bridgehead atoms. The molecular weight excluding hydrogens is 413 g/mol. The summed E-state index contributed by atoms with van der Waals surface area (Å²) in [6.07, 6.45) is 2.95. The van der Waals surface area contributed by atoms with E-state index in [1.54, 1.807) is 17.9 Å². The van der Waals surface area contributed by atoms with Crippen molar-refractivity contribution in [2.24, 2.45) is 4.99 Å². The number of rotatable bonds is 3. The molecule has 1 aliphatic rings. The van der Waals surface area contributed by atoms with Crippen LogP contribution in [0.15, 0.2) is 58.0 Å². The largest absolute Gasteiger partial charge is 0.417 e. The first kappa shape index (κ1) is 21.9. The molecule has 31 heavy (non-hydrogen) atoms. The molecule has 2 N–H and O–H groups in total. The van der Waals surface area contributed by atoms with Crippen molar-refractivity contribution in [2.45, 2.75) is 24.9 Å².